The number of nitrogens with one attached hydrogen (secondary N) is 1. The van der Waals surface area contributed by atoms with Gasteiger partial charge in [-0.05, 0) is 47.7 Å². The zero-order valence-electron chi connectivity index (χ0n) is 11.3. The molecule has 1 atom stereocenters. The van der Waals surface area contributed by atoms with Crippen molar-refractivity contribution in [2.45, 2.75) is 38.0 Å². The third-order valence-electron chi connectivity index (χ3n) is 2.91. The van der Waals surface area contributed by atoms with E-state index in [1.165, 1.54) is 11.3 Å². The van der Waals surface area contributed by atoms with Crippen LogP contribution >= 0.6 is 27.3 Å². The van der Waals surface area contributed by atoms with Crippen molar-refractivity contribution in [3.05, 3.63) is 14.7 Å². The highest BCUT2D eigenvalue weighted by Crippen LogP contribution is 2.29. The van der Waals surface area contributed by atoms with Gasteiger partial charge in [-0.2, -0.15) is 0 Å². The second-order valence-electron chi connectivity index (χ2n) is 4.69. The summed E-state index contributed by atoms with van der Waals surface area (Å²) in [7, 11) is -3.48. The number of hydrogen-bond donors (Lipinski definition) is 2. The fraction of sp³-hybridized carbons (Fsp3) is 0.583. The minimum Gasteiger partial charge on any atom is -0.481 e. The second kappa shape index (κ2) is 7.53. The predicted molar refractivity (Wildman–Crippen MR) is 82.6 cm³/mol. The molecule has 0 spiro atoms. The van der Waals surface area contributed by atoms with E-state index < -0.39 is 16.0 Å². The van der Waals surface area contributed by atoms with E-state index in [4.69, 9.17) is 5.11 Å². The zero-order valence-corrected chi connectivity index (χ0v) is 14.6. The summed E-state index contributed by atoms with van der Waals surface area (Å²) in [5.74, 6) is -0.653. The molecule has 0 saturated carbocycles. The third kappa shape index (κ3) is 5.51. The maximum Gasteiger partial charge on any atom is 0.303 e. The summed E-state index contributed by atoms with van der Waals surface area (Å²) >= 11 is 4.65. The molecule has 1 unspecified atom stereocenters. The maximum absolute atomic E-state index is 12.1. The van der Waals surface area contributed by atoms with Gasteiger partial charge >= 0.3 is 5.97 Å². The van der Waals surface area contributed by atoms with E-state index in [-0.39, 0.29) is 12.3 Å². The van der Waals surface area contributed by atoms with Crippen LogP contribution in [0.1, 0.15) is 31.1 Å². The van der Waals surface area contributed by atoms with Gasteiger partial charge in [0, 0.05) is 17.8 Å². The first-order valence-electron chi connectivity index (χ1n) is 6.19. The summed E-state index contributed by atoms with van der Waals surface area (Å²) in [6, 6.07) is 1.59. The summed E-state index contributed by atoms with van der Waals surface area (Å²) in [5, 5.41) is 8.58. The Bertz CT molecular complexity index is 568. The molecule has 20 heavy (non-hydrogen) atoms. The molecule has 0 saturated heterocycles. The summed E-state index contributed by atoms with van der Waals surface area (Å²) < 4.78 is 27.5. The first-order chi connectivity index (χ1) is 9.22. The summed E-state index contributed by atoms with van der Waals surface area (Å²) in [5.41, 5.74) is 0. The normalized spacial score (nSPS) is 13.3. The van der Waals surface area contributed by atoms with Gasteiger partial charge in [0.05, 0.1) is 8.68 Å². The van der Waals surface area contributed by atoms with E-state index in [9.17, 15) is 13.2 Å². The van der Waals surface area contributed by atoms with Crippen LogP contribution in [0.3, 0.4) is 0 Å². The Morgan fingerprint density at radius 2 is 2.15 bits per heavy atom. The molecule has 1 aromatic rings. The van der Waals surface area contributed by atoms with Crippen molar-refractivity contribution >= 4 is 43.3 Å². The van der Waals surface area contributed by atoms with Crippen LogP contribution in [0.5, 0.6) is 0 Å². The maximum atomic E-state index is 12.1. The number of sulfonamides is 1. The van der Waals surface area contributed by atoms with Crippen LogP contribution < -0.4 is 4.72 Å². The Morgan fingerprint density at radius 3 is 2.65 bits per heavy atom. The van der Waals surface area contributed by atoms with Gasteiger partial charge in [0.2, 0.25) is 10.0 Å². The van der Waals surface area contributed by atoms with Gasteiger partial charge < -0.3 is 5.11 Å². The number of carbonyl (C=O) groups is 1. The van der Waals surface area contributed by atoms with E-state index in [1.807, 2.05) is 6.92 Å². The molecular weight excluding hydrogens is 366 g/mol. The number of carboxylic acid groups (broad SMARTS) is 1. The van der Waals surface area contributed by atoms with E-state index in [1.54, 1.807) is 13.0 Å². The number of rotatable bonds is 8. The molecule has 2 N–H and O–H groups in total. The molecule has 0 fully saturated rings. The number of hydrogen-bond acceptors (Lipinski definition) is 4. The van der Waals surface area contributed by atoms with Gasteiger partial charge in [0.15, 0.2) is 0 Å². The molecule has 8 heteroatoms. The first-order valence-corrected chi connectivity index (χ1v) is 9.29. The molecule has 0 aromatic carbocycles. The Morgan fingerprint density at radius 1 is 1.50 bits per heavy atom. The molecular formula is C12H18BrNO4S2. The topological polar surface area (TPSA) is 83.5 Å². The Labute approximate surface area is 131 Å². The van der Waals surface area contributed by atoms with Gasteiger partial charge in [0.25, 0.3) is 0 Å². The number of aliphatic carboxylic acids is 1. The van der Waals surface area contributed by atoms with Crippen LogP contribution in [0.4, 0.5) is 0 Å². The average molecular weight is 384 g/mol. The molecule has 0 aliphatic carbocycles. The van der Waals surface area contributed by atoms with E-state index in [0.717, 1.165) is 8.66 Å². The van der Waals surface area contributed by atoms with Gasteiger partial charge in [-0.3, -0.25) is 4.79 Å². The first kappa shape index (κ1) is 17.6. The second-order valence-corrected chi connectivity index (χ2v) is 9.07. The Hall–Kier alpha value is -0.440. The lowest BCUT2D eigenvalue weighted by Crippen LogP contribution is -2.26. The van der Waals surface area contributed by atoms with Gasteiger partial charge in [-0.1, -0.05) is 6.92 Å². The highest BCUT2D eigenvalue weighted by molar-refractivity contribution is 9.11. The molecule has 1 heterocycles. The molecule has 0 aliphatic heterocycles. The molecule has 0 aliphatic rings. The van der Waals surface area contributed by atoms with Crippen molar-refractivity contribution < 1.29 is 18.3 Å². The average Bonchev–Trinajstić information content (AvgIpc) is 2.66. The molecule has 114 valence electrons. The SMILES string of the molecule is Cc1sc(Br)cc1S(=O)(=O)NCCC(C)CCC(=O)O. The minimum absolute atomic E-state index is 0.116. The van der Waals surface area contributed by atoms with Crippen LogP contribution in [-0.4, -0.2) is 26.0 Å². The van der Waals surface area contributed by atoms with Crippen LogP contribution in [0.15, 0.2) is 14.7 Å². The fourth-order valence-electron chi connectivity index (χ4n) is 1.73. The van der Waals surface area contributed by atoms with Crippen molar-refractivity contribution in [2.75, 3.05) is 6.54 Å². The largest absolute Gasteiger partial charge is 0.481 e. The third-order valence-corrected chi connectivity index (χ3v) is 6.18. The summed E-state index contributed by atoms with van der Waals surface area (Å²) in [6.07, 6.45) is 1.29. The van der Waals surface area contributed by atoms with Crippen molar-refractivity contribution in [3.63, 3.8) is 0 Å². The van der Waals surface area contributed by atoms with E-state index in [2.05, 4.69) is 20.7 Å². The Kier molecular flexibility index (Phi) is 6.63. The lowest BCUT2D eigenvalue weighted by atomic mass is 10.0. The monoisotopic (exact) mass is 383 g/mol. The van der Waals surface area contributed by atoms with Crippen LogP contribution in [-0.2, 0) is 14.8 Å². The Balaban J connectivity index is 2.48. The van der Waals surface area contributed by atoms with Crippen LogP contribution in [0, 0.1) is 12.8 Å². The molecule has 0 radical (unpaired) electrons. The van der Waals surface area contributed by atoms with E-state index in [0.29, 0.717) is 24.3 Å². The van der Waals surface area contributed by atoms with Crippen LogP contribution in [0.25, 0.3) is 0 Å². The molecule has 5 nitrogen and oxygen atoms in total. The zero-order chi connectivity index (χ0) is 15.3. The predicted octanol–water partition coefficient (Wildman–Crippen LogP) is 2.99. The molecule has 0 amide bonds. The molecule has 0 bridgehead atoms. The smallest absolute Gasteiger partial charge is 0.303 e. The van der Waals surface area contributed by atoms with Crippen molar-refractivity contribution in [1.82, 2.24) is 4.72 Å². The standard InChI is InChI=1S/C12H18BrNO4S2/c1-8(3-4-12(15)16)5-6-14-20(17,18)10-7-11(13)19-9(10)2/h7-8,14H,3-6H2,1-2H3,(H,15,16). The molecule has 1 rings (SSSR count). The highest BCUT2D eigenvalue weighted by Gasteiger charge is 2.19. The summed E-state index contributed by atoms with van der Waals surface area (Å²) in [4.78, 5) is 11.5. The number of aryl methyl sites for hydroxylation is 1. The number of halogens is 1. The number of thiophene rings is 1. The van der Waals surface area contributed by atoms with Crippen LogP contribution in [0.2, 0.25) is 0 Å². The van der Waals surface area contributed by atoms with Gasteiger partial charge in [-0.25, -0.2) is 13.1 Å². The highest BCUT2D eigenvalue weighted by atomic mass is 79.9. The van der Waals surface area contributed by atoms with E-state index >= 15 is 0 Å². The minimum atomic E-state index is -3.48. The van der Waals surface area contributed by atoms with Crippen molar-refractivity contribution in [2.24, 2.45) is 5.92 Å². The lowest BCUT2D eigenvalue weighted by Gasteiger charge is -2.11. The van der Waals surface area contributed by atoms with Gasteiger partial charge in [-0.15, -0.1) is 11.3 Å². The lowest BCUT2D eigenvalue weighted by molar-refractivity contribution is -0.137. The quantitative estimate of drug-likeness (QED) is 0.722. The number of carboxylic acids is 1. The van der Waals surface area contributed by atoms with Gasteiger partial charge in [0.1, 0.15) is 0 Å². The van der Waals surface area contributed by atoms with Crippen molar-refractivity contribution in [3.8, 4) is 0 Å². The molecule has 1 aromatic heterocycles. The fourth-order valence-corrected chi connectivity index (χ4v) is 5.19. The summed E-state index contributed by atoms with van der Waals surface area (Å²) in [6.45, 7) is 4.00. The van der Waals surface area contributed by atoms with Crippen molar-refractivity contribution in [1.29, 1.82) is 0 Å².